The van der Waals surface area contributed by atoms with Crippen molar-refractivity contribution in [2.24, 2.45) is 0 Å². The molecule has 3 aromatic carbocycles. The summed E-state index contributed by atoms with van der Waals surface area (Å²) in [5.41, 5.74) is -0.695. The highest BCUT2D eigenvalue weighted by Gasteiger charge is 2.48. The molecule has 4 atom stereocenters. The number of carbonyl (C=O) groups is 4. The lowest BCUT2D eigenvalue weighted by atomic mass is 9.80. The van der Waals surface area contributed by atoms with Gasteiger partial charge in [-0.05, 0) is 105 Å². The summed E-state index contributed by atoms with van der Waals surface area (Å²) < 4.78 is 42.4. The van der Waals surface area contributed by atoms with E-state index in [-0.39, 0.29) is 32.7 Å². The number of aliphatic hydroxyl groups excluding tert-OH is 1. The minimum Gasteiger partial charge on any atom is -0.497 e. The third kappa shape index (κ3) is 26.9. The van der Waals surface area contributed by atoms with Crippen LogP contribution < -0.4 is 26.0 Å². The van der Waals surface area contributed by atoms with E-state index in [9.17, 15) is 33.9 Å². The second kappa shape index (κ2) is 43.8. The molecule has 0 bridgehead atoms. The Labute approximate surface area is 535 Å². The molecule has 0 unspecified atom stereocenters. The number of rotatable bonds is 48. The summed E-state index contributed by atoms with van der Waals surface area (Å²) in [5, 5.41) is 14.9. The first-order valence-corrected chi connectivity index (χ1v) is 33.7. The summed E-state index contributed by atoms with van der Waals surface area (Å²) in [6, 6.07) is 24.1. The molecule has 1 aliphatic heterocycles. The lowest BCUT2D eigenvalue weighted by Gasteiger charge is -2.37. The lowest BCUT2D eigenvalue weighted by molar-refractivity contribution is -0.167. The van der Waals surface area contributed by atoms with Crippen LogP contribution >= 0.6 is 0 Å². The molecule has 0 aliphatic carbocycles. The Morgan fingerprint density at radius 3 is 1.47 bits per heavy atom. The van der Waals surface area contributed by atoms with Crippen molar-refractivity contribution < 1.29 is 57.4 Å². The van der Waals surface area contributed by atoms with Gasteiger partial charge in [-0.3, -0.25) is 33.5 Å². The molecule has 1 saturated heterocycles. The van der Waals surface area contributed by atoms with Crippen LogP contribution in [0.15, 0.2) is 125 Å². The van der Waals surface area contributed by atoms with Crippen LogP contribution in [0, 0.1) is 0 Å². The Kier molecular flexibility index (Phi) is 36.0. The number of aliphatic hydroxyl groups is 1. The van der Waals surface area contributed by atoms with E-state index in [1.54, 1.807) is 14.2 Å². The maximum atomic E-state index is 13.9. The molecule has 1 fully saturated rings. The van der Waals surface area contributed by atoms with Gasteiger partial charge in [0.2, 0.25) is 5.91 Å². The monoisotopic (exact) mass is 1250 g/mol. The molecule has 3 N–H and O–H groups in total. The fourth-order valence-corrected chi connectivity index (χ4v) is 11.2. The zero-order valence-electron chi connectivity index (χ0n) is 54.4. The number of benzene rings is 3. The van der Waals surface area contributed by atoms with Crippen LogP contribution in [-0.2, 0) is 48.5 Å². The SMILES string of the molecule is CCCCCCCC/C=C\CCCCCCCC(=O)OCC(COC(=O)CCCCCCC/C=C\CCCCCCCC)OC(=O)CCC(=O)N[C@@H]1[C@H](O)[C@@H](COC(c2ccccc2)(c2ccc(OC)cc2)c2ccc(OC)cc2)O[C@H]1n1ccc(=O)[nH]c1=O. The van der Waals surface area contributed by atoms with Gasteiger partial charge in [0.1, 0.15) is 48.6 Å². The fraction of sp³-hybridized carbons (Fsp3) is 0.589. The minimum atomic E-state index is -1.50. The number of allylic oxidation sites excluding steroid dienone is 4. The van der Waals surface area contributed by atoms with Gasteiger partial charge in [-0.25, -0.2) is 4.79 Å². The molecular weight excluding hydrogens is 1140 g/mol. The normalized spacial score (nSPS) is 15.8. The number of amides is 1. The molecule has 1 aliphatic rings. The smallest absolute Gasteiger partial charge is 0.330 e. The van der Waals surface area contributed by atoms with Crippen LogP contribution in [0.3, 0.4) is 0 Å². The van der Waals surface area contributed by atoms with Crippen LogP contribution in [0.2, 0.25) is 0 Å². The van der Waals surface area contributed by atoms with Gasteiger partial charge < -0.3 is 43.6 Å². The number of esters is 3. The number of ether oxygens (including phenoxy) is 7. The van der Waals surface area contributed by atoms with E-state index in [4.69, 9.17) is 33.2 Å². The molecule has 17 heteroatoms. The van der Waals surface area contributed by atoms with Gasteiger partial charge in [-0.1, -0.05) is 195 Å². The summed E-state index contributed by atoms with van der Waals surface area (Å²) in [4.78, 5) is 81.2. The Hall–Kier alpha value is -6.82. The molecular formula is C73H105N3O14. The zero-order chi connectivity index (χ0) is 64.4. The van der Waals surface area contributed by atoms with E-state index >= 15 is 0 Å². The maximum Gasteiger partial charge on any atom is 0.330 e. The van der Waals surface area contributed by atoms with E-state index in [0.717, 1.165) is 93.2 Å². The lowest BCUT2D eigenvalue weighted by Crippen LogP contribution is -2.49. The number of aromatic nitrogens is 2. The molecule has 496 valence electrons. The number of unbranched alkanes of at least 4 members (excludes halogenated alkanes) is 22. The summed E-state index contributed by atoms with van der Waals surface area (Å²) in [7, 11) is 3.15. The van der Waals surface area contributed by atoms with Gasteiger partial charge in [0.05, 0.1) is 27.2 Å². The minimum absolute atomic E-state index is 0.184. The number of methoxy groups -OCH3 is 2. The van der Waals surface area contributed by atoms with E-state index in [0.29, 0.717) is 35.5 Å². The largest absolute Gasteiger partial charge is 0.497 e. The quantitative estimate of drug-likeness (QED) is 0.0123. The maximum absolute atomic E-state index is 13.9. The molecule has 4 aromatic rings. The Morgan fingerprint density at radius 1 is 0.567 bits per heavy atom. The summed E-state index contributed by atoms with van der Waals surface area (Å²) in [5.74, 6) is -1.21. The van der Waals surface area contributed by atoms with Crippen molar-refractivity contribution in [2.75, 3.05) is 34.0 Å². The number of nitrogens with one attached hydrogen (secondary N) is 2. The molecule has 5 rings (SSSR count). The molecule has 1 amide bonds. The Balaban J connectivity index is 1.17. The van der Waals surface area contributed by atoms with Crippen molar-refractivity contribution in [3.8, 4) is 11.5 Å². The number of nitrogens with zero attached hydrogens (tertiary/aromatic N) is 1. The van der Waals surface area contributed by atoms with Crippen LogP contribution in [0.4, 0.5) is 0 Å². The van der Waals surface area contributed by atoms with E-state index in [2.05, 4.69) is 48.5 Å². The van der Waals surface area contributed by atoms with Gasteiger partial charge in [0, 0.05) is 31.5 Å². The predicted octanol–water partition coefficient (Wildman–Crippen LogP) is 14.2. The number of aromatic amines is 1. The van der Waals surface area contributed by atoms with E-state index in [1.807, 2.05) is 78.9 Å². The highest BCUT2D eigenvalue weighted by Crippen LogP contribution is 2.43. The van der Waals surface area contributed by atoms with Gasteiger partial charge in [-0.2, -0.15) is 0 Å². The number of H-pyrrole nitrogens is 1. The molecule has 0 radical (unpaired) electrons. The van der Waals surface area contributed by atoms with Crippen molar-refractivity contribution >= 4 is 23.8 Å². The molecule has 1 aromatic heterocycles. The molecule has 90 heavy (non-hydrogen) atoms. The Bertz CT molecular complexity index is 2710. The van der Waals surface area contributed by atoms with Crippen LogP contribution in [0.1, 0.15) is 229 Å². The van der Waals surface area contributed by atoms with Crippen LogP contribution in [0.25, 0.3) is 0 Å². The summed E-state index contributed by atoms with van der Waals surface area (Å²) >= 11 is 0. The predicted molar refractivity (Wildman–Crippen MR) is 351 cm³/mol. The first kappa shape index (κ1) is 73.9. The molecule has 0 spiro atoms. The average molecular weight is 1250 g/mol. The van der Waals surface area contributed by atoms with E-state index in [1.165, 1.54) is 83.2 Å². The van der Waals surface area contributed by atoms with Crippen LogP contribution in [-0.4, -0.2) is 96.9 Å². The summed E-state index contributed by atoms with van der Waals surface area (Å²) in [6.45, 7) is 3.49. The standard InChI is InChI=1S/C73H105N3O14/c1-5-7-9-11-13-15-17-19-21-23-25-27-29-31-36-40-66(79)86-54-62(55-87-67(80)41-37-32-30-28-26-24-22-20-18-16-14-12-10-8-6-2)89-68(81)51-50-64(77)74-69-70(82)63(90-71(69)76-53-52-65(78)75-72(76)83)56-88-73(57-38-34-33-35-39-57,58-42-46-60(84-3)47-43-58)59-44-48-61(85-4)49-45-59/h19-22,33-35,38-39,42-49,52-53,62-63,69-71,82H,5-18,23-32,36-37,40-41,50-51,54-56H2,1-4H3,(H,74,77)(H,75,78,83)/b21-19-,22-20-/t63-,69-,70-,71-/m1/s1. The van der Waals surface area contributed by atoms with Gasteiger partial charge in [0.25, 0.3) is 5.56 Å². The molecule has 2 heterocycles. The first-order chi connectivity index (χ1) is 43.9. The molecule has 17 nitrogen and oxygen atoms in total. The number of hydrogen-bond donors (Lipinski definition) is 3. The molecule has 0 saturated carbocycles. The highest BCUT2D eigenvalue weighted by molar-refractivity contribution is 5.81. The first-order valence-electron chi connectivity index (χ1n) is 33.7. The van der Waals surface area contributed by atoms with Gasteiger partial charge >= 0.3 is 23.6 Å². The number of carbonyl (C=O) groups excluding carboxylic acids is 4. The Morgan fingerprint density at radius 2 is 1.01 bits per heavy atom. The van der Waals surface area contributed by atoms with E-state index < -0.39 is 84.1 Å². The second-order valence-electron chi connectivity index (χ2n) is 23.6. The second-order valence-corrected chi connectivity index (χ2v) is 23.6. The van der Waals surface area contributed by atoms with Crippen molar-refractivity contribution in [2.45, 2.75) is 243 Å². The van der Waals surface area contributed by atoms with Crippen molar-refractivity contribution in [3.05, 3.63) is 153 Å². The topological polar surface area (TPSA) is 220 Å². The highest BCUT2D eigenvalue weighted by atomic mass is 16.6. The van der Waals surface area contributed by atoms with Crippen molar-refractivity contribution in [1.29, 1.82) is 0 Å². The van der Waals surface area contributed by atoms with Gasteiger partial charge in [0.15, 0.2) is 12.3 Å². The summed E-state index contributed by atoms with van der Waals surface area (Å²) in [6.07, 6.45) is 34.0. The fourth-order valence-electron chi connectivity index (χ4n) is 11.2. The van der Waals surface area contributed by atoms with Crippen molar-refractivity contribution in [1.82, 2.24) is 14.9 Å². The zero-order valence-corrected chi connectivity index (χ0v) is 54.4. The van der Waals surface area contributed by atoms with Crippen molar-refractivity contribution in [3.63, 3.8) is 0 Å². The third-order valence-electron chi connectivity index (χ3n) is 16.5. The number of hydrogen-bond acceptors (Lipinski definition) is 14. The third-order valence-corrected chi connectivity index (χ3v) is 16.5. The average Bonchev–Trinajstić information content (AvgIpc) is 1.26. The van der Waals surface area contributed by atoms with Gasteiger partial charge in [-0.15, -0.1) is 0 Å². The van der Waals surface area contributed by atoms with Crippen LogP contribution in [0.5, 0.6) is 11.5 Å².